The maximum atomic E-state index is 11.4. The molecule has 0 amide bonds. The Bertz CT molecular complexity index is 655. The summed E-state index contributed by atoms with van der Waals surface area (Å²) >= 11 is 0. The van der Waals surface area contributed by atoms with Gasteiger partial charge in [0, 0.05) is 30.7 Å². The van der Waals surface area contributed by atoms with Crippen LogP contribution in [0.5, 0.6) is 0 Å². The molecule has 19 heavy (non-hydrogen) atoms. The zero-order valence-corrected chi connectivity index (χ0v) is 10.8. The van der Waals surface area contributed by atoms with Crippen molar-refractivity contribution in [3.05, 3.63) is 52.5 Å². The molecule has 6 nitrogen and oxygen atoms in total. The molecular formula is C13H15N3O3. The first-order chi connectivity index (χ1) is 8.99. The van der Waals surface area contributed by atoms with Crippen LogP contribution in [0.25, 0.3) is 0 Å². The van der Waals surface area contributed by atoms with Crippen LogP contribution in [0.2, 0.25) is 0 Å². The average molecular weight is 261 g/mol. The molecule has 0 aromatic carbocycles. The molecule has 2 rings (SSSR count). The highest BCUT2D eigenvalue weighted by atomic mass is 16.4. The summed E-state index contributed by atoms with van der Waals surface area (Å²) in [4.78, 5) is 26.4. The molecule has 0 aliphatic rings. The minimum atomic E-state index is -1.21. The second kappa shape index (κ2) is 5.09. The van der Waals surface area contributed by atoms with Gasteiger partial charge in [-0.2, -0.15) is 0 Å². The van der Waals surface area contributed by atoms with Crippen LogP contribution in [-0.2, 0) is 6.54 Å². The lowest BCUT2D eigenvalue weighted by Gasteiger charge is -2.13. The summed E-state index contributed by atoms with van der Waals surface area (Å²) < 4.78 is 3.67. The van der Waals surface area contributed by atoms with Crippen molar-refractivity contribution in [2.24, 2.45) is 0 Å². The topological polar surface area (TPSA) is 77.1 Å². The minimum Gasteiger partial charge on any atom is -0.477 e. The quantitative estimate of drug-likeness (QED) is 0.901. The van der Waals surface area contributed by atoms with Crippen molar-refractivity contribution in [3.8, 4) is 0 Å². The number of aromatic nitrogens is 3. The molecule has 100 valence electrons. The van der Waals surface area contributed by atoms with Crippen LogP contribution >= 0.6 is 0 Å². The van der Waals surface area contributed by atoms with Crippen molar-refractivity contribution >= 4 is 5.97 Å². The van der Waals surface area contributed by atoms with Crippen LogP contribution in [0, 0.1) is 0 Å². The molecule has 0 aliphatic carbocycles. The van der Waals surface area contributed by atoms with Crippen LogP contribution in [0.1, 0.15) is 35.9 Å². The number of imidazole rings is 1. The van der Waals surface area contributed by atoms with Gasteiger partial charge in [-0.25, -0.2) is 9.78 Å². The molecular weight excluding hydrogens is 246 g/mol. The molecule has 6 heteroatoms. The van der Waals surface area contributed by atoms with Crippen LogP contribution < -0.4 is 5.43 Å². The monoisotopic (exact) mass is 261 g/mol. The summed E-state index contributed by atoms with van der Waals surface area (Å²) in [5, 5.41) is 8.93. The standard InChI is InChI=1S/C13H15N3O3/c1-9(2)16-8-14-5-10(16)6-15-4-3-12(17)11(7-15)13(18)19/h3-5,7-9H,6H2,1-2H3,(H,18,19). The van der Waals surface area contributed by atoms with E-state index in [4.69, 9.17) is 5.11 Å². The SMILES string of the molecule is CC(C)n1cncc1Cn1ccc(=O)c(C(=O)O)c1. The van der Waals surface area contributed by atoms with E-state index in [1.165, 1.54) is 12.3 Å². The molecule has 0 atom stereocenters. The van der Waals surface area contributed by atoms with E-state index < -0.39 is 11.4 Å². The van der Waals surface area contributed by atoms with E-state index in [0.29, 0.717) is 6.54 Å². The van der Waals surface area contributed by atoms with Crippen molar-refractivity contribution in [3.63, 3.8) is 0 Å². The summed E-state index contributed by atoms with van der Waals surface area (Å²) in [6.07, 6.45) is 6.40. The van der Waals surface area contributed by atoms with Crippen molar-refractivity contribution < 1.29 is 9.90 Å². The van der Waals surface area contributed by atoms with Crippen LogP contribution in [0.3, 0.4) is 0 Å². The van der Waals surface area contributed by atoms with E-state index in [1.54, 1.807) is 23.3 Å². The van der Waals surface area contributed by atoms with Gasteiger partial charge in [-0.3, -0.25) is 4.79 Å². The van der Waals surface area contributed by atoms with Gasteiger partial charge in [-0.05, 0) is 13.8 Å². The Balaban J connectivity index is 2.34. The third kappa shape index (κ3) is 2.73. The van der Waals surface area contributed by atoms with Gasteiger partial charge in [0.05, 0.1) is 18.6 Å². The fourth-order valence-corrected chi connectivity index (χ4v) is 1.89. The van der Waals surface area contributed by atoms with Crippen molar-refractivity contribution in [2.45, 2.75) is 26.4 Å². The molecule has 2 aromatic rings. The second-order valence-electron chi connectivity index (χ2n) is 4.59. The first-order valence-corrected chi connectivity index (χ1v) is 5.93. The van der Waals surface area contributed by atoms with Crippen LogP contribution in [-0.4, -0.2) is 25.2 Å². The van der Waals surface area contributed by atoms with E-state index >= 15 is 0 Å². The Morgan fingerprint density at radius 3 is 2.84 bits per heavy atom. The van der Waals surface area contributed by atoms with Gasteiger partial charge in [0.15, 0.2) is 5.43 Å². The molecule has 2 aromatic heterocycles. The Morgan fingerprint density at radius 2 is 2.21 bits per heavy atom. The molecule has 0 unspecified atom stereocenters. The Hall–Kier alpha value is -2.37. The van der Waals surface area contributed by atoms with Gasteiger partial charge in [0.25, 0.3) is 0 Å². The molecule has 0 bridgehead atoms. The number of carboxylic acid groups (broad SMARTS) is 1. The molecule has 0 saturated heterocycles. The lowest BCUT2D eigenvalue weighted by molar-refractivity contribution is 0.0694. The van der Waals surface area contributed by atoms with Gasteiger partial charge < -0.3 is 14.2 Å². The molecule has 1 N–H and O–H groups in total. The maximum Gasteiger partial charge on any atom is 0.341 e. The zero-order chi connectivity index (χ0) is 14.0. The smallest absolute Gasteiger partial charge is 0.341 e. The van der Waals surface area contributed by atoms with Crippen molar-refractivity contribution in [1.82, 2.24) is 14.1 Å². The lowest BCUT2D eigenvalue weighted by Crippen LogP contribution is -2.17. The predicted octanol–water partition coefficient (Wildman–Crippen LogP) is 1.37. The number of rotatable bonds is 4. The Labute approximate surface area is 109 Å². The summed E-state index contributed by atoms with van der Waals surface area (Å²) in [5.41, 5.74) is 0.245. The largest absolute Gasteiger partial charge is 0.477 e. The van der Waals surface area contributed by atoms with Gasteiger partial charge in [-0.15, -0.1) is 0 Å². The summed E-state index contributed by atoms with van der Waals surface area (Å²) in [6.45, 7) is 4.55. The number of hydrogen-bond donors (Lipinski definition) is 1. The second-order valence-corrected chi connectivity index (χ2v) is 4.59. The Kier molecular flexibility index (Phi) is 3.50. The van der Waals surface area contributed by atoms with E-state index in [2.05, 4.69) is 4.98 Å². The van der Waals surface area contributed by atoms with Crippen LogP contribution in [0.15, 0.2) is 35.8 Å². The van der Waals surface area contributed by atoms with Gasteiger partial charge in [0.2, 0.25) is 0 Å². The van der Waals surface area contributed by atoms with Gasteiger partial charge in [-0.1, -0.05) is 0 Å². The fourth-order valence-electron chi connectivity index (χ4n) is 1.89. The molecule has 0 radical (unpaired) electrons. The van der Waals surface area contributed by atoms with E-state index in [-0.39, 0.29) is 11.6 Å². The molecule has 0 fully saturated rings. The van der Waals surface area contributed by atoms with Crippen LogP contribution in [0.4, 0.5) is 0 Å². The first-order valence-electron chi connectivity index (χ1n) is 5.93. The van der Waals surface area contributed by atoms with E-state index in [1.807, 2.05) is 18.4 Å². The van der Waals surface area contributed by atoms with E-state index in [0.717, 1.165) is 5.69 Å². The third-order valence-electron chi connectivity index (χ3n) is 2.86. The van der Waals surface area contributed by atoms with Crippen molar-refractivity contribution in [1.29, 1.82) is 0 Å². The number of nitrogens with zero attached hydrogens (tertiary/aromatic N) is 3. The highest BCUT2D eigenvalue weighted by Crippen LogP contribution is 2.10. The molecule has 2 heterocycles. The fraction of sp³-hybridized carbons (Fsp3) is 0.308. The average Bonchev–Trinajstić information content (AvgIpc) is 2.79. The third-order valence-corrected chi connectivity index (χ3v) is 2.86. The number of hydrogen-bond acceptors (Lipinski definition) is 3. The highest BCUT2D eigenvalue weighted by Gasteiger charge is 2.10. The number of carboxylic acids is 1. The maximum absolute atomic E-state index is 11.4. The minimum absolute atomic E-state index is 0.224. The molecule has 0 spiro atoms. The molecule has 0 aliphatic heterocycles. The number of pyridine rings is 1. The zero-order valence-electron chi connectivity index (χ0n) is 10.8. The summed E-state index contributed by atoms with van der Waals surface area (Å²) in [6, 6.07) is 1.54. The number of aromatic carboxylic acids is 1. The normalized spacial score (nSPS) is 10.9. The van der Waals surface area contributed by atoms with Gasteiger partial charge in [0.1, 0.15) is 5.56 Å². The highest BCUT2D eigenvalue weighted by molar-refractivity contribution is 5.86. The molecule has 0 saturated carbocycles. The van der Waals surface area contributed by atoms with E-state index in [9.17, 15) is 9.59 Å². The number of carbonyl (C=O) groups is 1. The summed E-state index contributed by atoms with van der Waals surface area (Å²) in [5.74, 6) is -1.21. The first kappa shape index (κ1) is 13.1. The summed E-state index contributed by atoms with van der Waals surface area (Å²) in [7, 11) is 0. The predicted molar refractivity (Wildman–Crippen MR) is 69.4 cm³/mol. The van der Waals surface area contributed by atoms with Crippen molar-refractivity contribution in [2.75, 3.05) is 0 Å². The van der Waals surface area contributed by atoms with Gasteiger partial charge >= 0.3 is 5.97 Å². The lowest BCUT2D eigenvalue weighted by atomic mass is 10.2. The Morgan fingerprint density at radius 1 is 1.47 bits per heavy atom.